The van der Waals surface area contributed by atoms with E-state index >= 15 is 4.39 Å². The monoisotopic (exact) mass is 493 g/mol. The van der Waals surface area contributed by atoms with Crippen molar-refractivity contribution in [2.45, 2.75) is 20.8 Å². The number of hydrogen-bond donors (Lipinski definition) is 3. The Morgan fingerprint density at radius 2 is 2.00 bits per heavy atom. The van der Waals surface area contributed by atoms with Crippen molar-refractivity contribution in [2.24, 2.45) is 5.92 Å². The first-order valence-corrected chi connectivity index (χ1v) is 11.8. The molecule has 0 atom stereocenters. The number of H-pyrrole nitrogens is 2. The molecule has 5 heterocycles. The predicted molar refractivity (Wildman–Crippen MR) is 142 cm³/mol. The third-order valence-electron chi connectivity index (χ3n) is 6.26. The van der Waals surface area contributed by atoms with Crippen LogP contribution in [0.2, 0.25) is 0 Å². The highest BCUT2D eigenvalue weighted by Crippen LogP contribution is 2.33. The molecule has 0 aliphatic rings. The maximum absolute atomic E-state index is 15.2. The zero-order valence-electron chi connectivity index (χ0n) is 20.5. The number of pyridine rings is 2. The first-order valence-electron chi connectivity index (χ1n) is 11.8. The summed E-state index contributed by atoms with van der Waals surface area (Å²) < 4.78 is 17.0. The standard InChI is InChI=1S/C27H24FN9/c1-14(2)16(4)32-18-7-17(10-29-11-18)19-8-20-23(9-21(19)28)35-36-24(20)26-33-22-5-6-30-27(25(22)34-26)37-12-15(3)31-13-37/h5-14,32H,4H2,1-3H3,(H,33,34)(H,35,36). The SMILES string of the molecule is C=C(Nc1cncc(-c2cc3c(-c4nc5c(-n6cnc(C)c6)nccc5[nH]4)n[nH]c3cc2F)c1)C(C)C. The fraction of sp³-hybridized carbons (Fsp3) is 0.148. The number of aromatic amines is 2. The van der Waals surface area contributed by atoms with Crippen molar-refractivity contribution in [3.8, 4) is 28.5 Å². The van der Waals surface area contributed by atoms with Gasteiger partial charge in [0.25, 0.3) is 0 Å². The first-order chi connectivity index (χ1) is 17.9. The van der Waals surface area contributed by atoms with Gasteiger partial charge in [0.15, 0.2) is 11.6 Å². The molecule has 0 fully saturated rings. The van der Waals surface area contributed by atoms with Gasteiger partial charge in [-0.1, -0.05) is 20.4 Å². The smallest absolute Gasteiger partial charge is 0.166 e. The number of aromatic nitrogens is 8. The van der Waals surface area contributed by atoms with Crippen LogP contribution >= 0.6 is 0 Å². The van der Waals surface area contributed by atoms with E-state index in [1.54, 1.807) is 31.0 Å². The number of fused-ring (bicyclic) bond motifs is 2. The number of halogens is 1. The molecule has 6 rings (SSSR count). The maximum atomic E-state index is 15.2. The molecule has 37 heavy (non-hydrogen) atoms. The Labute approximate surface area is 211 Å². The van der Waals surface area contributed by atoms with Crippen molar-refractivity contribution in [3.05, 3.63) is 79.2 Å². The van der Waals surface area contributed by atoms with E-state index in [2.05, 4.69) is 42.0 Å². The number of nitrogens with one attached hydrogen (secondary N) is 3. The normalized spacial score (nSPS) is 11.6. The molecule has 184 valence electrons. The highest BCUT2D eigenvalue weighted by Gasteiger charge is 2.18. The Balaban J connectivity index is 1.44. The van der Waals surface area contributed by atoms with E-state index in [4.69, 9.17) is 4.98 Å². The van der Waals surface area contributed by atoms with Gasteiger partial charge in [0.1, 0.15) is 23.4 Å². The van der Waals surface area contributed by atoms with Crippen molar-refractivity contribution in [2.75, 3.05) is 5.32 Å². The lowest BCUT2D eigenvalue weighted by Crippen LogP contribution is -2.04. The number of benzene rings is 1. The van der Waals surface area contributed by atoms with Gasteiger partial charge in [-0.25, -0.2) is 19.3 Å². The van der Waals surface area contributed by atoms with E-state index in [1.165, 1.54) is 6.07 Å². The lowest BCUT2D eigenvalue weighted by molar-refractivity contribution is 0.632. The molecule has 0 saturated heterocycles. The number of imidazole rings is 2. The molecule has 10 heteroatoms. The number of nitrogens with zero attached hydrogens (tertiary/aromatic N) is 6. The molecule has 0 radical (unpaired) electrons. The number of rotatable bonds is 6. The van der Waals surface area contributed by atoms with Gasteiger partial charge in [-0.2, -0.15) is 5.10 Å². The van der Waals surface area contributed by atoms with E-state index in [9.17, 15) is 0 Å². The van der Waals surface area contributed by atoms with E-state index in [1.807, 2.05) is 43.7 Å². The van der Waals surface area contributed by atoms with Crippen molar-refractivity contribution in [3.63, 3.8) is 0 Å². The molecule has 3 N–H and O–H groups in total. The van der Waals surface area contributed by atoms with Crippen LogP contribution in [0.1, 0.15) is 19.5 Å². The van der Waals surface area contributed by atoms with Gasteiger partial charge in [-0.05, 0) is 31.0 Å². The van der Waals surface area contributed by atoms with Crippen LogP contribution in [0.5, 0.6) is 0 Å². The van der Waals surface area contributed by atoms with Gasteiger partial charge in [-0.15, -0.1) is 0 Å². The molecular weight excluding hydrogens is 469 g/mol. The van der Waals surface area contributed by atoms with Crippen LogP contribution in [-0.4, -0.2) is 39.7 Å². The van der Waals surface area contributed by atoms with E-state index in [0.29, 0.717) is 39.5 Å². The summed E-state index contributed by atoms with van der Waals surface area (Å²) in [6.45, 7) is 10.1. The second-order valence-corrected chi connectivity index (χ2v) is 9.26. The fourth-order valence-electron chi connectivity index (χ4n) is 4.18. The number of anilines is 1. The molecule has 5 aromatic heterocycles. The Morgan fingerprint density at radius 3 is 2.78 bits per heavy atom. The Bertz CT molecular complexity index is 1790. The third-order valence-corrected chi connectivity index (χ3v) is 6.26. The molecule has 0 bridgehead atoms. The summed E-state index contributed by atoms with van der Waals surface area (Å²) in [4.78, 5) is 21.2. The molecule has 0 aliphatic heterocycles. The minimum atomic E-state index is -0.379. The van der Waals surface area contributed by atoms with Crippen LogP contribution in [0.4, 0.5) is 10.1 Å². The summed E-state index contributed by atoms with van der Waals surface area (Å²) in [6.07, 6.45) is 8.64. The van der Waals surface area contributed by atoms with E-state index in [0.717, 1.165) is 28.0 Å². The summed E-state index contributed by atoms with van der Waals surface area (Å²) in [5, 5.41) is 11.4. The zero-order chi connectivity index (χ0) is 25.7. The molecule has 6 aromatic rings. The van der Waals surface area contributed by atoms with Crippen LogP contribution in [0.15, 0.2) is 67.7 Å². The summed E-state index contributed by atoms with van der Waals surface area (Å²) in [7, 11) is 0. The molecule has 1 aromatic carbocycles. The topological polar surface area (TPSA) is 113 Å². The van der Waals surface area contributed by atoms with Crippen molar-refractivity contribution in [1.82, 2.24) is 39.7 Å². The predicted octanol–water partition coefficient (Wildman–Crippen LogP) is 5.78. The average Bonchev–Trinajstić information content (AvgIpc) is 3.60. The molecule has 0 saturated carbocycles. The highest BCUT2D eigenvalue weighted by atomic mass is 19.1. The summed E-state index contributed by atoms with van der Waals surface area (Å²) >= 11 is 0. The lowest BCUT2D eigenvalue weighted by Gasteiger charge is -2.13. The molecule has 0 aliphatic carbocycles. The molecular formula is C27H24FN9. The fourth-order valence-corrected chi connectivity index (χ4v) is 4.18. The van der Waals surface area contributed by atoms with Crippen LogP contribution in [-0.2, 0) is 0 Å². The van der Waals surface area contributed by atoms with Crippen LogP contribution in [0, 0.1) is 18.7 Å². The third kappa shape index (κ3) is 4.02. The molecule has 9 nitrogen and oxygen atoms in total. The average molecular weight is 494 g/mol. The second kappa shape index (κ2) is 8.66. The van der Waals surface area contributed by atoms with Gasteiger partial charge < -0.3 is 10.3 Å². The lowest BCUT2D eigenvalue weighted by atomic mass is 10.0. The van der Waals surface area contributed by atoms with Crippen LogP contribution < -0.4 is 5.32 Å². The van der Waals surface area contributed by atoms with E-state index in [-0.39, 0.29) is 11.7 Å². The highest BCUT2D eigenvalue weighted by molar-refractivity contribution is 5.96. The minimum Gasteiger partial charge on any atom is -0.358 e. The number of hydrogen-bond acceptors (Lipinski definition) is 6. The maximum Gasteiger partial charge on any atom is 0.166 e. The summed E-state index contributed by atoms with van der Waals surface area (Å²) in [5.41, 5.74) is 6.16. The van der Waals surface area contributed by atoms with Crippen molar-refractivity contribution < 1.29 is 4.39 Å². The Kier molecular flexibility index (Phi) is 5.29. The molecule has 0 amide bonds. The quantitative estimate of drug-likeness (QED) is 0.271. The van der Waals surface area contributed by atoms with Gasteiger partial charge >= 0.3 is 0 Å². The van der Waals surface area contributed by atoms with Gasteiger partial charge in [0.2, 0.25) is 0 Å². The number of aryl methyl sites for hydroxylation is 1. The largest absolute Gasteiger partial charge is 0.358 e. The Morgan fingerprint density at radius 1 is 1.14 bits per heavy atom. The summed E-state index contributed by atoms with van der Waals surface area (Å²) in [5.74, 6) is 1.08. The van der Waals surface area contributed by atoms with Crippen LogP contribution in [0.25, 0.3) is 50.4 Å². The van der Waals surface area contributed by atoms with Crippen molar-refractivity contribution >= 4 is 27.6 Å². The second-order valence-electron chi connectivity index (χ2n) is 9.26. The van der Waals surface area contributed by atoms with Gasteiger partial charge in [-0.3, -0.25) is 14.6 Å². The molecule has 0 unspecified atom stereocenters. The van der Waals surface area contributed by atoms with Crippen molar-refractivity contribution in [1.29, 1.82) is 0 Å². The summed E-state index contributed by atoms with van der Waals surface area (Å²) in [6, 6.07) is 6.93. The minimum absolute atomic E-state index is 0.252. The molecule has 0 spiro atoms. The zero-order valence-corrected chi connectivity index (χ0v) is 20.5. The van der Waals surface area contributed by atoms with Crippen LogP contribution in [0.3, 0.4) is 0 Å². The van der Waals surface area contributed by atoms with Gasteiger partial charge in [0, 0.05) is 46.9 Å². The first kappa shape index (κ1) is 22.6. The van der Waals surface area contributed by atoms with E-state index < -0.39 is 0 Å². The number of allylic oxidation sites excluding steroid dienone is 1. The van der Waals surface area contributed by atoms with Gasteiger partial charge in [0.05, 0.1) is 28.6 Å². The Hall–Kier alpha value is -4.86.